The largest absolute Gasteiger partial charge is 0.611 e. The Morgan fingerprint density at radius 2 is 2.03 bits per heavy atom. The van der Waals surface area contributed by atoms with E-state index in [4.69, 9.17) is 10.7 Å². The Kier molecular flexibility index (Phi) is 4.25. The van der Waals surface area contributed by atoms with Gasteiger partial charge in [-0.2, -0.15) is 0 Å². The molecule has 0 amide bonds. The van der Waals surface area contributed by atoms with Crippen LogP contribution >= 0.6 is 22.7 Å². The zero-order valence-corrected chi connectivity index (χ0v) is 19.1. The summed E-state index contributed by atoms with van der Waals surface area (Å²) in [5.74, 6) is 2.50. The van der Waals surface area contributed by atoms with Crippen molar-refractivity contribution in [3.8, 4) is 22.0 Å². The summed E-state index contributed by atoms with van der Waals surface area (Å²) in [5.41, 5.74) is 10.0. The van der Waals surface area contributed by atoms with Gasteiger partial charge < -0.3 is 14.9 Å². The number of fused-ring (bicyclic) bond motifs is 2. The minimum Gasteiger partial charge on any atom is -0.611 e. The van der Waals surface area contributed by atoms with Crippen LogP contribution in [0, 0.1) is 18.8 Å². The predicted molar refractivity (Wildman–Crippen MR) is 123 cm³/mol. The number of pyridine rings is 1. The van der Waals surface area contributed by atoms with Crippen LogP contribution in [0.2, 0.25) is 0 Å². The van der Waals surface area contributed by atoms with Gasteiger partial charge in [0.15, 0.2) is 0 Å². The molecule has 6 nitrogen and oxygen atoms in total. The van der Waals surface area contributed by atoms with Crippen molar-refractivity contribution >= 4 is 49.8 Å². The van der Waals surface area contributed by atoms with Crippen LogP contribution in [0.3, 0.4) is 0 Å². The predicted octanol–water partition coefficient (Wildman–Crippen LogP) is 4.62. The van der Waals surface area contributed by atoms with Gasteiger partial charge in [0, 0.05) is 40.8 Å². The van der Waals surface area contributed by atoms with Gasteiger partial charge in [0.1, 0.15) is 32.3 Å². The third-order valence-electron chi connectivity index (χ3n) is 6.50. The van der Waals surface area contributed by atoms with Crippen LogP contribution in [0.5, 0.6) is 0 Å². The Bertz CT molecular complexity index is 1250. The molecule has 2 fully saturated rings. The lowest BCUT2D eigenvalue weighted by atomic mass is 10.1. The van der Waals surface area contributed by atoms with Crippen LogP contribution in [0.1, 0.15) is 25.1 Å². The fraction of sp³-hybridized carbons (Fsp3) is 0.381. The molecule has 0 spiro atoms. The average Bonchev–Trinajstić information content (AvgIpc) is 3.22. The number of aryl methyl sites for hydroxylation is 1. The smallest absolute Gasteiger partial charge is 0.232 e. The van der Waals surface area contributed by atoms with Gasteiger partial charge in [0.25, 0.3) is 0 Å². The Morgan fingerprint density at radius 1 is 1.23 bits per heavy atom. The van der Waals surface area contributed by atoms with E-state index in [0.29, 0.717) is 5.69 Å². The number of thiazole rings is 1. The SMILES string of the molecule is Cc1ncc(-c2cc(-c3nccs3)nc3sc([S+]([O-])C4CC5C[C@@H]5C4)c(N)c23)n1C. The molecule has 4 atom stereocenters. The Morgan fingerprint density at radius 3 is 2.70 bits per heavy atom. The summed E-state index contributed by atoms with van der Waals surface area (Å²) in [7, 11) is 2.00. The van der Waals surface area contributed by atoms with Gasteiger partial charge in [0.2, 0.25) is 4.21 Å². The minimum atomic E-state index is -1.08. The van der Waals surface area contributed by atoms with E-state index in [2.05, 4.69) is 14.5 Å². The van der Waals surface area contributed by atoms with Gasteiger partial charge >= 0.3 is 0 Å². The number of hydrogen-bond donors (Lipinski definition) is 1. The number of aromatic nitrogens is 4. The highest BCUT2D eigenvalue weighted by Gasteiger charge is 2.51. The van der Waals surface area contributed by atoms with Crippen molar-refractivity contribution in [1.29, 1.82) is 0 Å². The molecule has 30 heavy (non-hydrogen) atoms. The standard InChI is InChI=1S/C21H21N5OS3/c1-10-24-9-16(26(10)2)14-8-15(19-23-3-4-28-19)25-20-17(14)18(22)21(29-20)30(27)13-6-11-5-12(11)7-13/h3-4,8-9,11-13H,5-7,22H2,1-2H3/t11-,12?,13?,30?/m1/s1. The zero-order chi connectivity index (χ0) is 20.6. The average molecular weight is 456 g/mol. The van der Waals surface area contributed by atoms with E-state index >= 15 is 0 Å². The van der Waals surface area contributed by atoms with Gasteiger partial charge in [-0.15, -0.1) is 11.3 Å². The third-order valence-corrected chi connectivity index (χ3v) is 10.5. The summed E-state index contributed by atoms with van der Waals surface area (Å²) in [4.78, 5) is 14.6. The highest BCUT2D eigenvalue weighted by atomic mass is 32.2. The molecule has 3 unspecified atom stereocenters. The second kappa shape index (κ2) is 6.78. The molecule has 2 aliphatic rings. The lowest BCUT2D eigenvalue weighted by Crippen LogP contribution is -2.19. The van der Waals surface area contributed by atoms with Crippen LogP contribution in [-0.4, -0.2) is 29.3 Å². The van der Waals surface area contributed by atoms with Crippen LogP contribution in [0.25, 0.3) is 32.2 Å². The van der Waals surface area contributed by atoms with Crippen LogP contribution in [0.15, 0.2) is 28.0 Å². The second-order valence-corrected chi connectivity index (χ2v) is 12.1. The molecule has 0 bridgehead atoms. The summed E-state index contributed by atoms with van der Waals surface area (Å²) < 4.78 is 16.3. The Hall–Kier alpha value is -1.94. The van der Waals surface area contributed by atoms with E-state index in [1.165, 1.54) is 17.8 Å². The van der Waals surface area contributed by atoms with Crippen molar-refractivity contribution in [2.45, 2.75) is 35.6 Å². The molecule has 0 saturated heterocycles. The molecular formula is C21H21N5OS3. The molecule has 9 heteroatoms. The number of anilines is 1. The number of nitrogens with two attached hydrogens (primary N) is 1. The molecule has 0 radical (unpaired) electrons. The summed E-state index contributed by atoms with van der Waals surface area (Å²) in [6.07, 6.45) is 7.10. The highest BCUT2D eigenvalue weighted by molar-refractivity contribution is 7.94. The van der Waals surface area contributed by atoms with E-state index in [-0.39, 0.29) is 5.25 Å². The minimum absolute atomic E-state index is 0.227. The van der Waals surface area contributed by atoms with Crippen LogP contribution in [0.4, 0.5) is 5.69 Å². The number of imidazole rings is 1. The number of thiophene rings is 1. The summed E-state index contributed by atoms with van der Waals surface area (Å²) in [5, 5.41) is 3.92. The second-order valence-electron chi connectivity index (χ2n) is 8.27. The zero-order valence-electron chi connectivity index (χ0n) is 16.7. The summed E-state index contributed by atoms with van der Waals surface area (Å²) in [6, 6.07) is 2.04. The molecule has 0 aromatic carbocycles. The Labute approximate surface area is 185 Å². The van der Waals surface area contributed by atoms with Crippen molar-refractivity contribution in [2.24, 2.45) is 18.9 Å². The molecule has 0 aliphatic heterocycles. The van der Waals surface area contributed by atoms with E-state index in [0.717, 1.165) is 66.9 Å². The molecule has 6 rings (SSSR count). The highest BCUT2D eigenvalue weighted by Crippen LogP contribution is 2.55. The maximum atomic E-state index is 13.4. The fourth-order valence-electron chi connectivity index (χ4n) is 4.65. The van der Waals surface area contributed by atoms with Crippen LogP contribution < -0.4 is 5.73 Å². The molecule has 154 valence electrons. The van der Waals surface area contributed by atoms with Gasteiger partial charge in [-0.1, -0.05) is 11.3 Å². The first-order chi connectivity index (χ1) is 14.5. The van der Waals surface area contributed by atoms with Crippen molar-refractivity contribution in [2.75, 3.05) is 5.73 Å². The topological polar surface area (TPSA) is 92.7 Å². The first-order valence-corrected chi connectivity index (χ1v) is 12.9. The van der Waals surface area contributed by atoms with E-state index in [1.54, 1.807) is 17.5 Å². The lowest BCUT2D eigenvalue weighted by molar-refractivity contribution is 0.571. The molecule has 2 N–H and O–H groups in total. The quantitative estimate of drug-likeness (QED) is 0.453. The van der Waals surface area contributed by atoms with Crippen LogP contribution in [-0.2, 0) is 18.2 Å². The molecule has 4 heterocycles. The van der Waals surface area contributed by atoms with Crippen molar-refractivity contribution < 1.29 is 4.55 Å². The van der Waals surface area contributed by atoms with Gasteiger partial charge in [-0.25, -0.2) is 15.0 Å². The number of nitrogens with zero attached hydrogens (tertiary/aromatic N) is 4. The molecule has 4 aromatic heterocycles. The third kappa shape index (κ3) is 2.83. The molecular weight excluding hydrogens is 434 g/mol. The normalized spacial score (nSPS) is 23.8. The van der Waals surface area contributed by atoms with E-state index < -0.39 is 11.2 Å². The first-order valence-electron chi connectivity index (χ1n) is 10.0. The maximum absolute atomic E-state index is 13.4. The van der Waals surface area contributed by atoms with Gasteiger partial charge in [0.05, 0.1) is 11.9 Å². The number of nitrogen functional groups attached to an aromatic ring is 1. The van der Waals surface area contributed by atoms with E-state index in [1.807, 2.05) is 31.6 Å². The van der Waals surface area contributed by atoms with E-state index in [9.17, 15) is 4.55 Å². The van der Waals surface area contributed by atoms with Crippen molar-refractivity contribution in [1.82, 2.24) is 19.5 Å². The summed E-state index contributed by atoms with van der Waals surface area (Å²) in [6.45, 7) is 1.98. The molecule has 4 aromatic rings. The van der Waals surface area contributed by atoms with Gasteiger partial charge in [-0.05, 0) is 44.1 Å². The molecule has 2 aliphatic carbocycles. The first kappa shape index (κ1) is 18.8. The van der Waals surface area contributed by atoms with Gasteiger partial charge in [-0.3, -0.25) is 0 Å². The fourth-order valence-corrected chi connectivity index (χ4v) is 8.54. The molecule has 2 saturated carbocycles. The monoisotopic (exact) mass is 455 g/mol. The summed E-state index contributed by atoms with van der Waals surface area (Å²) >= 11 is 1.95. The lowest BCUT2D eigenvalue weighted by Gasteiger charge is -2.17. The maximum Gasteiger partial charge on any atom is 0.232 e. The Balaban J connectivity index is 1.54. The van der Waals surface area contributed by atoms with Crippen molar-refractivity contribution in [3.63, 3.8) is 0 Å². The van der Waals surface area contributed by atoms with Crippen molar-refractivity contribution in [3.05, 3.63) is 29.7 Å². The number of rotatable bonds is 4. The number of hydrogen-bond acceptors (Lipinski definition) is 7.